The zero-order chi connectivity index (χ0) is 13.2. The summed E-state index contributed by atoms with van der Waals surface area (Å²) in [5, 5.41) is 0. The summed E-state index contributed by atoms with van der Waals surface area (Å²) in [6.45, 7) is 5.38. The van der Waals surface area contributed by atoms with Crippen molar-refractivity contribution >= 4 is 11.9 Å². The van der Waals surface area contributed by atoms with Crippen LogP contribution in [0.1, 0.15) is 20.8 Å². The van der Waals surface area contributed by atoms with E-state index in [9.17, 15) is 14.0 Å². The number of halogens is 1. The van der Waals surface area contributed by atoms with Crippen LogP contribution >= 0.6 is 0 Å². The highest BCUT2D eigenvalue weighted by Gasteiger charge is 2.61. The van der Waals surface area contributed by atoms with E-state index >= 15 is 0 Å². The second kappa shape index (κ2) is 4.85. The minimum atomic E-state index is -0.987. The van der Waals surface area contributed by atoms with Crippen molar-refractivity contribution in [3.8, 4) is 0 Å². The summed E-state index contributed by atoms with van der Waals surface area (Å²) >= 11 is 0. The Bertz CT molecular complexity index is 360. The number of carbonyl (C=O) groups is 2. The molecule has 17 heavy (non-hydrogen) atoms. The van der Waals surface area contributed by atoms with Crippen molar-refractivity contribution in [3.63, 3.8) is 0 Å². The van der Waals surface area contributed by atoms with Crippen LogP contribution in [-0.2, 0) is 19.1 Å². The van der Waals surface area contributed by atoms with Crippen LogP contribution in [0.15, 0.2) is 11.9 Å². The van der Waals surface area contributed by atoms with Crippen LogP contribution in [0.25, 0.3) is 0 Å². The lowest BCUT2D eigenvalue weighted by Crippen LogP contribution is -2.07. The van der Waals surface area contributed by atoms with Crippen LogP contribution in [0.2, 0.25) is 0 Å². The van der Waals surface area contributed by atoms with Crippen LogP contribution in [0, 0.1) is 17.3 Å². The highest BCUT2D eigenvalue weighted by molar-refractivity contribution is 5.86. The van der Waals surface area contributed by atoms with E-state index in [1.807, 2.05) is 13.8 Å². The lowest BCUT2D eigenvalue weighted by Gasteiger charge is -1.99. The van der Waals surface area contributed by atoms with Gasteiger partial charge in [-0.2, -0.15) is 4.39 Å². The zero-order valence-electron chi connectivity index (χ0n) is 10.5. The quantitative estimate of drug-likeness (QED) is 0.559. The van der Waals surface area contributed by atoms with Crippen molar-refractivity contribution in [2.24, 2.45) is 17.3 Å². The third-order valence-electron chi connectivity index (χ3n) is 3.16. The average molecular weight is 244 g/mol. The van der Waals surface area contributed by atoms with Gasteiger partial charge in [-0.25, -0.2) is 4.79 Å². The number of carbonyl (C=O) groups excluding carboxylic acids is 2. The first-order valence-electron chi connectivity index (χ1n) is 5.48. The molecular weight excluding hydrogens is 227 g/mol. The maximum absolute atomic E-state index is 13.4. The predicted molar refractivity (Wildman–Crippen MR) is 58.6 cm³/mol. The fourth-order valence-corrected chi connectivity index (χ4v) is 1.99. The summed E-state index contributed by atoms with van der Waals surface area (Å²) in [6, 6.07) is 0. The van der Waals surface area contributed by atoms with Gasteiger partial charge in [0, 0.05) is 0 Å². The fourth-order valence-electron chi connectivity index (χ4n) is 1.99. The van der Waals surface area contributed by atoms with Crippen LogP contribution in [0.3, 0.4) is 0 Å². The topological polar surface area (TPSA) is 52.6 Å². The van der Waals surface area contributed by atoms with Gasteiger partial charge < -0.3 is 9.47 Å². The first-order chi connectivity index (χ1) is 7.86. The molecule has 0 amide bonds. The van der Waals surface area contributed by atoms with Gasteiger partial charge in [-0.1, -0.05) is 13.8 Å². The Morgan fingerprint density at radius 3 is 2.47 bits per heavy atom. The maximum atomic E-state index is 13.4. The van der Waals surface area contributed by atoms with Crippen molar-refractivity contribution in [2.75, 3.05) is 13.7 Å². The largest absolute Gasteiger partial charge is 0.469 e. The number of hydrogen-bond acceptors (Lipinski definition) is 4. The number of allylic oxidation sites excluding steroid dienone is 1. The average Bonchev–Trinajstić information content (AvgIpc) is 2.79. The standard InChI is InChI=1S/C12H17FO4/c1-5-17-10(14)8(13)6-7-9(11(15)16-4)12(7,2)3/h6-7,9H,5H2,1-4H3/b8-6-. The first kappa shape index (κ1) is 13.7. The molecular formula is C12H17FO4. The molecule has 1 saturated carbocycles. The van der Waals surface area contributed by atoms with Crippen molar-refractivity contribution in [1.82, 2.24) is 0 Å². The number of hydrogen-bond donors (Lipinski definition) is 0. The van der Waals surface area contributed by atoms with Gasteiger partial charge in [0.15, 0.2) is 0 Å². The number of rotatable bonds is 4. The molecule has 96 valence electrons. The SMILES string of the molecule is CCOC(=O)/C(F)=C/C1C(C(=O)OC)C1(C)C. The smallest absolute Gasteiger partial charge is 0.366 e. The van der Waals surface area contributed by atoms with Crippen LogP contribution < -0.4 is 0 Å². The van der Waals surface area contributed by atoms with E-state index in [-0.39, 0.29) is 23.9 Å². The highest BCUT2D eigenvalue weighted by atomic mass is 19.1. The lowest BCUT2D eigenvalue weighted by molar-refractivity contribution is -0.143. The highest BCUT2D eigenvalue weighted by Crippen LogP contribution is 2.59. The molecule has 1 rings (SSSR count). The zero-order valence-corrected chi connectivity index (χ0v) is 10.5. The third-order valence-corrected chi connectivity index (χ3v) is 3.16. The maximum Gasteiger partial charge on any atom is 0.366 e. The summed E-state index contributed by atoms with van der Waals surface area (Å²) in [4.78, 5) is 22.5. The van der Waals surface area contributed by atoms with Gasteiger partial charge >= 0.3 is 11.9 Å². The Morgan fingerprint density at radius 2 is 2.00 bits per heavy atom. The fraction of sp³-hybridized carbons (Fsp3) is 0.667. The molecule has 2 unspecified atom stereocenters. The normalized spacial score (nSPS) is 26.3. The summed E-state index contributed by atoms with van der Waals surface area (Å²) in [6.07, 6.45) is 1.15. The molecule has 5 heteroatoms. The Morgan fingerprint density at radius 1 is 1.41 bits per heavy atom. The van der Waals surface area contributed by atoms with Gasteiger partial charge in [0.1, 0.15) is 0 Å². The molecule has 0 aliphatic heterocycles. The third kappa shape index (κ3) is 2.65. The molecule has 0 radical (unpaired) electrons. The van der Waals surface area contributed by atoms with Crippen molar-refractivity contribution in [3.05, 3.63) is 11.9 Å². The number of methoxy groups -OCH3 is 1. The molecule has 0 aromatic rings. The van der Waals surface area contributed by atoms with E-state index in [4.69, 9.17) is 0 Å². The number of ether oxygens (including phenoxy) is 2. The molecule has 0 bridgehead atoms. The van der Waals surface area contributed by atoms with Crippen molar-refractivity contribution < 1.29 is 23.5 Å². The molecule has 0 N–H and O–H groups in total. The van der Waals surface area contributed by atoms with Crippen LogP contribution in [-0.4, -0.2) is 25.7 Å². The van der Waals surface area contributed by atoms with Crippen LogP contribution in [0.5, 0.6) is 0 Å². The van der Waals surface area contributed by atoms with E-state index in [1.165, 1.54) is 7.11 Å². The van der Waals surface area contributed by atoms with E-state index in [1.54, 1.807) is 6.92 Å². The van der Waals surface area contributed by atoms with Crippen LogP contribution in [0.4, 0.5) is 4.39 Å². The molecule has 0 spiro atoms. The molecule has 0 heterocycles. The molecule has 0 saturated heterocycles. The molecule has 2 atom stereocenters. The first-order valence-corrected chi connectivity index (χ1v) is 5.48. The Balaban J connectivity index is 2.73. The Hall–Kier alpha value is -1.39. The minimum absolute atomic E-state index is 0.120. The number of esters is 2. The van der Waals surface area contributed by atoms with E-state index in [0.717, 1.165) is 6.08 Å². The van der Waals surface area contributed by atoms with E-state index in [0.29, 0.717) is 0 Å². The molecule has 1 fully saturated rings. The van der Waals surface area contributed by atoms with Gasteiger partial charge in [-0.05, 0) is 24.3 Å². The molecule has 1 aliphatic carbocycles. The van der Waals surface area contributed by atoms with Gasteiger partial charge in [0.25, 0.3) is 0 Å². The summed E-state index contributed by atoms with van der Waals surface area (Å²) in [7, 11) is 1.29. The predicted octanol–water partition coefficient (Wildman–Crippen LogP) is 1.85. The van der Waals surface area contributed by atoms with E-state index in [2.05, 4.69) is 9.47 Å². The van der Waals surface area contributed by atoms with Gasteiger partial charge in [-0.3, -0.25) is 4.79 Å². The van der Waals surface area contributed by atoms with Gasteiger partial charge in [-0.15, -0.1) is 0 Å². The second-order valence-corrected chi connectivity index (χ2v) is 4.58. The molecule has 1 aliphatic rings. The lowest BCUT2D eigenvalue weighted by atomic mass is 10.1. The summed E-state index contributed by atoms with van der Waals surface area (Å²) < 4.78 is 22.5. The molecule has 0 aromatic heterocycles. The second-order valence-electron chi connectivity index (χ2n) is 4.58. The molecule has 4 nitrogen and oxygen atoms in total. The van der Waals surface area contributed by atoms with Gasteiger partial charge in [0.2, 0.25) is 5.83 Å². The minimum Gasteiger partial charge on any atom is -0.469 e. The Labute approximate surface area is 99.8 Å². The van der Waals surface area contributed by atoms with Crippen molar-refractivity contribution in [2.45, 2.75) is 20.8 Å². The molecule has 0 aromatic carbocycles. The Kier molecular flexibility index (Phi) is 3.91. The monoisotopic (exact) mass is 244 g/mol. The van der Waals surface area contributed by atoms with E-state index < -0.39 is 17.7 Å². The summed E-state index contributed by atoms with van der Waals surface area (Å²) in [5.41, 5.74) is -0.378. The van der Waals surface area contributed by atoms with Gasteiger partial charge in [0.05, 0.1) is 19.6 Å². The van der Waals surface area contributed by atoms with Crippen molar-refractivity contribution in [1.29, 1.82) is 0 Å². The summed E-state index contributed by atoms with van der Waals surface area (Å²) in [5.74, 6) is -3.03.